The Labute approximate surface area is 134 Å². The van der Waals surface area contributed by atoms with Crippen LogP contribution in [0.5, 0.6) is 0 Å². The number of hydrogen-bond donors (Lipinski definition) is 0. The molecule has 0 bridgehead atoms. The maximum atomic E-state index is 6.32. The van der Waals surface area contributed by atoms with Crippen LogP contribution in [0.25, 0.3) is 0 Å². The summed E-state index contributed by atoms with van der Waals surface area (Å²) in [6.07, 6.45) is 0. The lowest BCUT2D eigenvalue weighted by atomic mass is 10.1. The summed E-state index contributed by atoms with van der Waals surface area (Å²) in [4.78, 5) is 2.39. The van der Waals surface area contributed by atoms with Crippen LogP contribution in [-0.2, 0) is 11.9 Å². The number of nitrogens with zero attached hydrogens (tertiary/aromatic N) is 1. The van der Waals surface area contributed by atoms with Gasteiger partial charge in [0.2, 0.25) is 0 Å². The highest BCUT2D eigenvalue weighted by molar-refractivity contribution is 9.08. The van der Waals surface area contributed by atoms with Gasteiger partial charge in [-0.05, 0) is 31.5 Å². The third-order valence-corrected chi connectivity index (χ3v) is 4.27. The first-order valence-electron chi connectivity index (χ1n) is 6.77. The van der Waals surface area contributed by atoms with E-state index in [2.05, 4.69) is 65.0 Å². The third kappa shape index (κ3) is 3.56. The maximum Gasteiger partial charge on any atom is 0.0467 e. The molecule has 0 heterocycles. The Kier molecular flexibility index (Phi) is 5.50. The summed E-state index contributed by atoms with van der Waals surface area (Å²) in [6.45, 7) is 5.31. The van der Waals surface area contributed by atoms with Crippen molar-refractivity contribution in [3.63, 3.8) is 0 Å². The second-order valence-electron chi connectivity index (χ2n) is 5.08. The SMILES string of the molecule is CC(C)N(Cc1ccccc1)c1cccc(Cl)c1CBr. The lowest BCUT2D eigenvalue weighted by Crippen LogP contribution is -2.31. The second kappa shape index (κ2) is 7.14. The Bertz CT molecular complexity index is 554. The molecule has 0 aliphatic rings. The zero-order valence-electron chi connectivity index (χ0n) is 11.8. The van der Waals surface area contributed by atoms with Crippen molar-refractivity contribution in [3.8, 4) is 0 Å². The van der Waals surface area contributed by atoms with Crippen molar-refractivity contribution in [1.82, 2.24) is 0 Å². The number of hydrogen-bond acceptors (Lipinski definition) is 1. The van der Waals surface area contributed by atoms with E-state index in [1.807, 2.05) is 18.2 Å². The van der Waals surface area contributed by atoms with Gasteiger partial charge in [-0.15, -0.1) is 0 Å². The minimum absolute atomic E-state index is 0.409. The molecule has 106 valence electrons. The van der Waals surface area contributed by atoms with Crippen molar-refractivity contribution in [1.29, 1.82) is 0 Å². The molecule has 2 aromatic carbocycles. The van der Waals surface area contributed by atoms with Crippen molar-refractivity contribution in [3.05, 3.63) is 64.7 Å². The van der Waals surface area contributed by atoms with Gasteiger partial charge in [0.1, 0.15) is 0 Å². The van der Waals surface area contributed by atoms with Crippen molar-refractivity contribution < 1.29 is 0 Å². The molecule has 0 saturated carbocycles. The first-order valence-corrected chi connectivity index (χ1v) is 8.27. The zero-order chi connectivity index (χ0) is 14.5. The van der Waals surface area contributed by atoms with E-state index in [1.54, 1.807) is 0 Å². The van der Waals surface area contributed by atoms with E-state index in [-0.39, 0.29) is 0 Å². The van der Waals surface area contributed by atoms with Gasteiger partial charge in [0.25, 0.3) is 0 Å². The molecular formula is C17H19BrClN. The van der Waals surface area contributed by atoms with Gasteiger partial charge in [-0.25, -0.2) is 0 Å². The predicted octanol–water partition coefficient (Wildman–Crippen LogP) is 5.65. The molecule has 0 aliphatic heterocycles. The smallest absolute Gasteiger partial charge is 0.0467 e. The predicted molar refractivity (Wildman–Crippen MR) is 91.8 cm³/mol. The molecule has 2 rings (SSSR count). The molecule has 0 aromatic heterocycles. The van der Waals surface area contributed by atoms with Gasteiger partial charge in [0.05, 0.1) is 0 Å². The molecule has 0 atom stereocenters. The fourth-order valence-electron chi connectivity index (χ4n) is 2.27. The maximum absolute atomic E-state index is 6.32. The van der Waals surface area contributed by atoms with Gasteiger partial charge in [0, 0.05) is 34.2 Å². The van der Waals surface area contributed by atoms with E-state index in [0.29, 0.717) is 6.04 Å². The summed E-state index contributed by atoms with van der Waals surface area (Å²) < 4.78 is 0. The van der Waals surface area contributed by atoms with Crippen LogP contribution in [0.15, 0.2) is 48.5 Å². The molecule has 0 saturated heterocycles. The molecular weight excluding hydrogens is 334 g/mol. The van der Waals surface area contributed by atoms with E-state index in [4.69, 9.17) is 11.6 Å². The molecule has 0 aliphatic carbocycles. The van der Waals surface area contributed by atoms with Crippen LogP contribution in [0, 0.1) is 0 Å². The fourth-order valence-corrected chi connectivity index (χ4v) is 3.26. The van der Waals surface area contributed by atoms with E-state index < -0.39 is 0 Å². The molecule has 1 nitrogen and oxygen atoms in total. The van der Waals surface area contributed by atoms with Crippen LogP contribution in [0.4, 0.5) is 5.69 Å². The minimum Gasteiger partial charge on any atom is -0.364 e. The van der Waals surface area contributed by atoms with Gasteiger partial charge < -0.3 is 4.90 Å². The molecule has 0 radical (unpaired) electrons. The Morgan fingerprint density at radius 3 is 2.35 bits per heavy atom. The second-order valence-corrected chi connectivity index (χ2v) is 6.05. The third-order valence-electron chi connectivity index (χ3n) is 3.36. The van der Waals surface area contributed by atoms with E-state index in [1.165, 1.54) is 11.3 Å². The largest absolute Gasteiger partial charge is 0.364 e. The molecule has 20 heavy (non-hydrogen) atoms. The van der Waals surface area contributed by atoms with Crippen LogP contribution in [0.3, 0.4) is 0 Å². The van der Waals surface area contributed by atoms with E-state index in [9.17, 15) is 0 Å². The highest BCUT2D eigenvalue weighted by Gasteiger charge is 2.16. The van der Waals surface area contributed by atoms with E-state index >= 15 is 0 Å². The van der Waals surface area contributed by atoms with Crippen LogP contribution in [0.1, 0.15) is 25.0 Å². The zero-order valence-corrected chi connectivity index (χ0v) is 14.2. The van der Waals surface area contributed by atoms with Gasteiger partial charge in [-0.3, -0.25) is 0 Å². The molecule has 0 N–H and O–H groups in total. The number of benzene rings is 2. The molecule has 0 amide bonds. The number of rotatable bonds is 5. The number of alkyl halides is 1. The number of anilines is 1. The van der Waals surface area contributed by atoms with Crippen LogP contribution >= 0.6 is 27.5 Å². The first kappa shape index (κ1) is 15.4. The highest BCUT2D eigenvalue weighted by Crippen LogP contribution is 2.31. The molecule has 0 fully saturated rings. The Morgan fingerprint density at radius 2 is 1.75 bits per heavy atom. The summed E-state index contributed by atoms with van der Waals surface area (Å²) in [6, 6.07) is 17.0. The quantitative estimate of drug-likeness (QED) is 0.628. The van der Waals surface area contributed by atoms with Gasteiger partial charge >= 0.3 is 0 Å². The van der Waals surface area contributed by atoms with Crippen LogP contribution < -0.4 is 4.90 Å². The highest BCUT2D eigenvalue weighted by atomic mass is 79.9. The standard InChI is InChI=1S/C17H19BrClN/c1-13(2)20(12-14-7-4-3-5-8-14)17-10-6-9-16(19)15(17)11-18/h3-10,13H,11-12H2,1-2H3. The average molecular weight is 353 g/mol. The first-order chi connectivity index (χ1) is 9.63. The summed E-state index contributed by atoms with van der Waals surface area (Å²) in [5, 5.41) is 1.58. The molecule has 3 heteroatoms. The fraction of sp³-hybridized carbons (Fsp3) is 0.294. The van der Waals surface area contributed by atoms with Gasteiger partial charge in [0.15, 0.2) is 0 Å². The van der Waals surface area contributed by atoms with Gasteiger partial charge in [-0.2, -0.15) is 0 Å². The summed E-state index contributed by atoms with van der Waals surface area (Å²) in [5.74, 6) is 0. The van der Waals surface area contributed by atoms with E-state index in [0.717, 1.165) is 22.5 Å². The van der Waals surface area contributed by atoms with Crippen molar-refractivity contribution in [2.24, 2.45) is 0 Å². The van der Waals surface area contributed by atoms with Gasteiger partial charge in [-0.1, -0.05) is 63.9 Å². The van der Waals surface area contributed by atoms with Crippen molar-refractivity contribution in [2.45, 2.75) is 31.8 Å². The topological polar surface area (TPSA) is 3.24 Å². The lowest BCUT2D eigenvalue weighted by Gasteiger charge is -2.31. The van der Waals surface area contributed by atoms with Crippen LogP contribution in [0.2, 0.25) is 5.02 Å². The number of halogens is 2. The molecule has 0 unspecified atom stereocenters. The summed E-state index contributed by atoms with van der Waals surface area (Å²) >= 11 is 9.88. The van der Waals surface area contributed by atoms with Crippen molar-refractivity contribution >= 4 is 33.2 Å². The average Bonchev–Trinajstić information content (AvgIpc) is 2.45. The Hall–Kier alpha value is -0.990. The molecule has 0 spiro atoms. The Morgan fingerprint density at radius 1 is 1.05 bits per heavy atom. The molecule has 2 aromatic rings. The normalized spacial score (nSPS) is 10.8. The monoisotopic (exact) mass is 351 g/mol. The van der Waals surface area contributed by atoms with Crippen molar-refractivity contribution in [2.75, 3.05) is 4.90 Å². The summed E-state index contributed by atoms with van der Waals surface area (Å²) in [5.41, 5.74) is 3.66. The van der Waals surface area contributed by atoms with Crippen LogP contribution in [-0.4, -0.2) is 6.04 Å². The summed E-state index contributed by atoms with van der Waals surface area (Å²) in [7, 11) is 0. The minimum atomic E-state index is 0.409. The Balaban J connectivity index is 2.37. The lowest BCUT2D eigenvalue weighted by molar-refractivity contribution is 0.680.